The Bertz CT molecular complexity index is 1740. The number of aromatic nitrogens is 2. The summed E-state index contributed by atoms with van der Waals surface area (Å²) in [6, 6.07) is 21.0. The van der Waals surface area contributed by atoms with E-state index < -0.39 is 0 Å². The molecule has 3 nitrogen and oxygen atoms in total. The smallest absolute Gasteiger partial charge is 0.286 e. The fourth-order valence-corrected chi connectivity index (χ4v) is 5.41. The number of hydrogen-bond donors (Lipinski definition) is 0. The van der Waals surface area contributed by atoms with Crippen LogP contribution in [-0.2, 0) is 7.05 Å². The van der Waals surface area contributed by atoms with Gasteiger partial charge in [0.15, 0.2) is 0 Å². The number of para-hydroxylation sites is 2. The molecule has 0 aliphatic rings. The number of benzene rings is 3. The average molecular weight is 421 g/mol. The van der Waals surface area contributed by atoms with E-state index >= 15 is 0 Å². The molecule has 0 saturated carbocycles. The van der Waals surface area contributed by atoms with Crippen molar-refractivity contribution in [3.05, 3.63) is 83.5 Å². The van der Waals surface area contributed by atoms with Crippen molar-refractivity contribution in [3.63, 3.8) is 0 Å². The van der Waals surface area contributed by atoms with E-state index in [1.165, 1.54) is 27.3 Å². The van der Waals surface area contributed by atoms with Crippen LogP contribution in [0.3, 0.4) is 0 Å². The van der Waals surface area contributed by atoms with Crippen LogP contribution < -0.4 is 4.57 Å². The molecule has 0 radical (unpaired) electrons. The van der Waals surface area contributed by atoms with Crippen molar-refractivity contribution in [2.45, 2.75) is 33.6 Å². The van der Waals surface area contributed by atoms with Gasteiger partial charge in [0, 0.05) is 27.8 Å². The number of rotatable bonds is 2. The van der Waals surface area contributed by atoms with Crippen LogP contribution in [0.4, 0.5) is 0 Å². The second kappa shape index (κ2) is 6.70. The van der Waals surface area contributed by atoms with E-state index in [2.05, 4.69) is 80.8 Å². The molecule has 3 aromatic carbocycles. The predicted octanol–water partition coefficient (Wildman–Crippen LogP) is 7.25. The van der Waals surface area contributed by atoms with E-state index in [4.69, 9.17) is 5.79 Å². The van der Waals surface area contributed by atoms with Gasteiger partial charge in [0.1, 0.15) is 23.6 Å². The minimum atomic E-state index is 0.336. The maximum absolute atomic E-state index is 8.52. The number of pyridine rings is 1. The molecule has 0 atom stereocenters. The SMILES string of the molecule is [2H]c1cc(C)cc(-n2c3ccccc3c3c4oc5ccccc5c4c(C(C)C)c(C)c32)[n+]1C. The van der Waals surface area contributed by atoms with Crippen LogP contribution in [0.25, 0.3) is 49.6 Å². The van der Waals surface area contributed by atoms with Crippen molar-refractivity contribution in [2.24, 2.45) is 7.05 Å². The Hall–Kier alpha value is -3.59. The topological polar surface area (TPSA) is 21.9 Å². The van der Waals surface area contributed by atoms with E-state index in [-0.39, 0.29) is 0 Å². The number of nitrogens with zero attached hydrogens (tertiary/aromatic N) is 2. The Labute approximate surface area is 188 Å². The molecule has 3 heteroatoms. The highest BCUT2D eigenvalue weighted by molar-refractivity contribution is 6.25. The second-order valence-electron chi connectivity index (χ2n) is 9.15. The molecule has 0 amide bonds. The Morgan fingerprint density at radius 1 is 0.938 bits per heavy atom. The number of furan rings is 1. The van der Waals surface area contributed by atoms with Gasteiger partial charge in [-0.25, -0.2) is 4.57 Å². The number of hydrogen-bond acceptors (Lipinski definition) is 1. The summed E-state index contributed by atoms with van der Waals surface area (Å²) < 4.78 is 19.4. The molecule has 0 bridgehead atoms. The normalized spacial score (nSPS) is 12.6. The molecule has 0 unspecified atom stereocenters. The van der Waals surface area contributed by atoms with Gasteiger partial charge in [-0.05, 0) is 55.2 Å². The molecule has 6 aromatic rings. The first-order valence-electron chi connectivity index (χ1n) is 11.7. The fourth-order valence-electron chi connectivity index (χ4n) is 5.41. The number of fused-ring (bicyclic) bond motifs is 7. The molecule has 3 aromatic heterocycles. The van der Waals surface area contributed by atoms with Crippen LogP contribution in [0.15, 0.2) is 71.3 Å². The van der Waals surface area contributed by atoms with Gasteiger partial charge in [-0.15, -0.1) is 0 Å². The first kappa shape index (κ1) is 18.0. The van der Waals surface area contributed by atoms with Crippen molar-refractivity contribution in [1.29, 1.82) is 0 Å². The van der Waals surface area contributed by atoms with Crippen molar-refractivity contribution in [3.8, 4) is 5.82 Å². The van der Waals surface area contributed by atoms with Crippen molar-refractivity contribution in [1.82, 2.24) is 4.57 Å². The van der Waals surface area contributed by atoms with Crippen molar-refractivity contribution < 1.29 is 10.4 Å². The predicted molar refractivity (Wildman–Crippen MR) is 133 cm³/mol. The van der Waals surface area contributed by atoms with E-state index in [1.807, 2.05) is 23.7 Å². The lowest BCUT2D eigenvalue weighted by Gasteiger charge is -2.14. The fraction of sp³-hybridized carbons (Fsp3) is 0.207. The molecule has 0 saturated heterocycles. The van der Waals surface area contributed by atoms with Crippen LogP contribution in [0.5, 0.6) is 0 Å². The van der Waals surface area contributed by atoms with Gasteiger partial charge in [0.2, 0.25) is 0 Å². The minimum Gasteiger partial charge on any atom is -0.455 e. The minimum absolute atomic E-state index is 0.336. The summed E-state index contributed by atoms with van der Waals surface area (Å²) in [5.41, 5.74) is 7.83. The van der Waals surface area contributed by atoms with E-state index in [0.29, 0.717) is 12.1 Å². The number of aryl methyl sites for hydroxylation is 2. The molecule has 0 spiro atoms. The second-order valence-corrected chi connectivity index (χ2v) is 9.15. The third kappa shape index (κ3) is 2.45. The Morgan fingerprint density at radius 3 is 2.44 bits per heavy atom. The summed E-state index contributed by atoms with van der Waals surface area (Å²) in [6.45, 7) is 8.82. The molecule has 158 valence electrons. The summed E-state index contributed by atoms with van der Waals surface area (Å²) in [7, 11) is 1.97. The highest BCUT2D eigenvalue weighted by Gasteiger charge is 2.29. The van der Waals surface area contributed by atoms with Crippen molar-refractivity contribution in [2.75, 3.05) is 0 Å². The zero-order valence-corrected chi connectivity index (χ0v) is 19.2. The highest BCUT2D eigenvalue weighted by Crippen LogP contribution is 2.45. The maximum atomic E-state index is 8.52. The molecule has 6 rings (SSSR count). The average Bonchev–Trinajstić information content (AvgIpc) is 3.33. The monoisotopic (exact) mass is 420 g/mol. The molecular formula is C29H27N2O+. The summed E-state index contributed by atoms with van der Waals surface area (Å²) >= 11 is 0. The van der Waals surface area contributed by atoms with Gasteiger partial charge in [-0.2, -0.15) is 4.57 Å². The molecule has 3 heterocycles. The maximum Gasteiger partial charge on any atom is 0.286 e. The van der Waals surface area contributed by atoms with Gasteiger partial charge >= 0.3 is 0 Å². The van der Waals surface area contributed by atoms with Gasteiger partial charge in [-0.3, -0.25) is 0 Å². The van der Waals surface area contributed by atoms with E-state index in [0.717, 1.165) is 39.0 Å². The van der Waals surface area contributed by atoms with Crippen LogP contribution >= 0.6 is 0 Å². The zero-order chi connectivity index (χ0) is 23.0. The van der Waals surface area contributed by atoms with Crippen LogP contribution in [0.2, 0.25) is 0 Å². The first-order valence-corrected chi connectivity index (χ1v) is 11.2. The largest absolute Gasteiger partial charge is 0.455 e. The van der Waals surface area contributed by atoms with Gasteiger partial charge in [0.25, 0.3) is 5.82 Å². The lowest BCUT2D eigenvalue weighted by Crippen LogP contribution is -2.33. The van der Waals surface area contributed by atoms with E-state index in [1.54, 1.807) is 0 Å². The third-order valence-electron chi connectivity index (χ3n) is 6.72. The van der Waals surface area contributed by atoms with Gasteiger partial charge in [-0.1, -0.05) is 44.2 Å². The molecule has 32 heavy (non-hydrogen) atoms. The van der Waals surface area contributed by atoms with Crippen LogP contribution in [0, 0.1) is 13.8 Å². The van der Waals surface area contributed by atoms with Gasteiger partial charge < -0.3 is 4.42 Å². The van der Waals surface area contributed by atoms with Crippen molar-refractivity contribution >= 4 is 43.7 Å². The lowest BCUT2D eigenvalue weighted by atomic mass is 9.90. The molecular weight excluding hydrogens is 392 g/mol. The molecule has 0 fully saturated rings. The lowest BCUT2D eigenvalue weighted by molar-refractivity contribution is -0.665. The summed E-state index contributed by atoms with van der Waals surface area (Å²) in [5, 5.41) is 4.71. The highest BCUT2D eigenvalue weighted by atomic mass is 16.3. The molecule has 0 aliphatic heterocycles. The molecule has 0 N–H and O–H groups in total. The quantitative estimate of drug-likeness (QED) is 0.270. The summed E-state index contributed by atoms with van der Waals surface area (Å²) in [6.07, 6.45) is 0.488. The van der Waals surface area contributed by atoms with Gasteiger partial charge in [0.05, 0.1) is 18.6 Å². The Kier molecular flexibility index (Phi) is 3.78. The standard InChI is InChI=1S/C29H27N2O/c1-17(2)25-19(4)28-27(29-26(25)21-11-7-9-13-23(21)32-29)20-10-6-8-12-22(20)31(28)24-16-18(3)14-15-30(24)5/h6-17H,1-5H3/q+1/i15D. The Morgan fingerprint density at radius 2 is 1.66 bits per heavy atom. The third-order valence-corrected chi connectivity index (χ3v) is 6.72. The summed E-state index contributed by atoms with van der Waals surface area (Å²) in [5.74, 6) is 1.32. The van der Waals surface area contributed by atoms with E-state index in [9.17, 15) is 0 Å². The Balaban J connectivity index is 1.96. The van der Waals surface area contributed by atoms with Crippen LogP contribution in [0.1, 0.15) is 37.8 Å². The zero-order valence-electron chi connectivity index (χ0n) is 20.2. The van der Waals surface area contributed by atoms with Crippen LogP contribution in [-0.4, -0.2) is 4.57 Å². The molecule has 0 aliphatic carbocycles. The first-order chi connectivity index (χ1) is 15.9. The summed E-state index contributed by atoms with van der Waals surface area (Å²) in [4.78, 5) is 0.